The van der Waals surface area contributed by atoms with Crippen LogP contribution in [0.15, 0.2) is 41.5 Å². The molecule has 1 aromatic rings. The SMILES string of the molecule is CCCCc1ccc(C2=CC3=CC4=CC(=O)CCC4CC3CC2)s1. The average molecular weight is 339 g/mol. The van der Waals surface area contributed by atoms with Crippen molar-refractivity contribution in [3.8, 4) is 0 Å². The summed E-state index contributed by atoms with van der Waals surface area (Å²) in [6, 6.07) is 4.63. The van der Waals surface area contributed by atoms with Crippen LogP contribution in [0.25, 0.3) is 5.57 Å². The molecule has 1 heterocycles. The zero-order chi connectivity index (χ0) is 16.5. The van der Waals surface area contributed by atoms with Crippen LogP contribution in [0.3, 0.4) is 0 Å². The first-order valence-corrected chi connectivity index (χ1v) is 10.3. The Morgan fingerprint density at radius 2 is 1.83 bits per heavy atom. The summed E-state index contributed by atoms with van der Waals surface area (Å²) >= 11 is 1.98. The summed E-state index contributed by atoms with van der Waals surface area (Å²) in [6.07, 6.45) is 16.0. The molecule has 24 heavy (non-hydrogen) atoms. The molecule has 0 amide bonds. The van der Waals surface area contributed by atoms with E-state index in [0.717, 1.165) is 12.8 Å². The fourth-order valence-corrected chi connectivity index (χ4v) is 5.43. The van der Waals surface area contributed by atoms with Gasteiger partial charge < -0.3 is 0 Å². The normalized spacial score (nSPS) is 26.2. The molecule has 3 aliphatic rings. The van der Waals surface area contributed by atoms with Gasteiger partial charge >= 0.3 is 0 Å². The number of fused-ring (bicyclic) bond motifs is 2. The molecule has 0 bridgehead atoms. The van der Waals surface area contributed by atoms with E-state index >= 15 is 0 Å². The quantitative estimate of drug-likeness (QED) is 0.646. The van der Waals surface area contributed by atoms with Crippen LogP contribution < -0.4 is 0 Å². The van der Waals surface area contributed by atoms with Crippen LogP contribution in [0.1, 0.15) is 61.6 Å². The van der Waals surface area contributed by atoms with Gasteiger partial charge in [-0.05, 0) is 85.3 Å². The van der Waals surface area contributed by atoms with Gasteiger partial charge in [0.05, 0.1) is 0 Å². The number of hydrogen-bond donors (Lipinski definition) is 0. The standard InChI is InChI=1S/C22H26OS/c1-2-3-4-21-9-10-22(24-21)17-6-5-15-11-16-7-8-20(23)14-19(16)13-18(15)12-17/h9-10,12-16H,2-8,11H2,1H3. The molecule has 1 aromatic heterocycles. The maximum absolute atomic E-state index is 11.7. The summed E-state index contributed by atoms with van der Waals surface area (Å²) in [4.78, 5) is 14.7. The highest BCUT2D eigenvalue weighted by Crippen LogP contribution is 2.45. The maximum Gasteiger partial charge on any atom is 0.155 e. The Morgan fingerprint density at radius 3 is 2.67 bits per heavy atom. The molecule has 2 atom stereocenters. The molecule has 4 rings (SSSR count). The number of allylic oxidation sites excluding steroid dienone is 6. The van der Waals surface area contributed by atoms with Crippen molar-refractivity contribution in [1.82, 2.24) is 0 Å². The second kappa shape index (κ2) is 6.84. The Labute approximate surface area is 149 Å². The summed E-state index contributed by atoms with van der Waals surface area (Å²) < 4.78 is 0. The molecule has 0 spiro atoms. The van der Waals surface area contributed by atoms with E-state index in [4.69, 9.17) is 0 Å². The number of ketones is 1. The van der Waals surface area contributed by atoms with Crippen molar-refractivity contribution >= 4 is 22.7 Å². The summed E-state index contributed by atoms with van der Waals surface area (Å²) in [5.41, 5.74) is 4.27. The van der Waals surface area contributed by atoms with E-state index in [0.29, 0.717) is 17.6 Å². The Kier molecular flexibility index (Phi) is 4.58. The van der Waals surface area contributed by atoms with Crippen LogP contribution >= 0.6 is 11.3 Å². The fraction of sp³-hybridized carbons (Fsp3) is 0.500. The minimum atomic E-state index is 0.315. The lowest BCUT2D eigenvalue weighted by Crippen LogP contribution is -2.23. The number of hydrogen-bond acceptors (Lipinski definition) is 2. The lowest BCUT2D eigenvalue weighted by molar-refractivity contribution is -0.115. The average Bonchev–Trinajstić information content (AvgIpc) is 3.06. The largest absolute Gasteiger partial charge is 0.295 e. The predicted octanol–water partition coefficient (Wildman–Crippen LogP) is 6.12. The Balaban J connectivity index is 1.59. The molecular formula is C22H26OS. The molecule has 0 saturated heterocycles. The van der Waals surface area contributed by atoms with E-state index in [1.54, 1.807) is 0 Å². The number of thiophene rings is 1. The van der Waals surface area contributed by atoms with Gasteiger partial charge in [-0.2, -0.15) is 0 Å². The lowest BCUT2D eigenvalue weighted by Gasteiger charge is -2.35. The van der Waals surface area contributed by atoms with E-state index in [-0.39, 0.29) is 0 Å². The van der Waals surface area contributed by atoms with Gasteiger partial charge in [-0.1, -0.05) is 25.5 Å². The molecule has 0 saturated carbocycles. The third kappa shape index (κ3) is 3.21. The number of rotatable bonds is 4. The predicted molar refractivity (Wildman–Crippen MR) is 102 cm³/mol. The van der Waals surface area contributed by atoms with Gasteiger partial charge in [0.15, 0.2) is 5.78 Å². The highest BCUT2D eigenvalue weighted by molar-refractivity contribution is 7.13. The van der Waals surface area contributed by atoms with E-state index in [1.807, 2.05) is 17.4 Å². The van der Waals surface area contributed by atoms with Gasteiger partial charge in [-0.15, -0.1) is 11.3 Å². The van der Waals surface area contributed by atoms with Crippen molar-refractivity contribution < 1.29 is 4.79 Å². The maximum atomic E-state index is 11.7. The zero-order valence-electron chi connectivity index (χ0n) is 14.5. The van der Waals surface area contributed by atoms with Crippen LogP contribution in [-0.4, -0.2) is 5.78 Å². The summed E-state index contributed by atoms with van der Waals surface area (Å²) in [5.74, 6) is 1.66. The van der Waals surface area contributed by atoms with Crippen molar-refractivity contribution in [3.63, 3.8) is 0 Å². The van der Waals surface area contributed by atoms with Crippen molar-refractivity contribution in [1.29, 1.82) is 0 Å². The van der Waals surface area contributed by atoms with Crippen molar-refractivity contribution in [2.45, 2.75) is 58.3 Å². The first-order chi connectivity index (χ1) is 11.7. The number of carbonyl (C=O) groups excluding carboxylic acids is 1. The van der Waals surface area contributed by atoms with E-state index < -0.39 is 0 Å². The second-order valence-electron chi connectivity index (χ2n) is 7.50. The molecule has 3 aliphatic carbocycles. The van der Waals surface area contributed by atoms with Crippen molar-refractivity contribution in [2.75, 3.05) is 0 Å². The Bertz CT molecular complexity index is 731. The molecule has 1 nitrogen and oxygen atoms in total. The van der Waals surface area contributed by atoms with Crippen molar-refractivity contribution in [3.05, 3.63) is 51.3 Å². The fourth-order valence-electron chi connectivity index (χ4n) is 4.34. The third-order valence-electron chi connectivity index (χ3n) is 5.77. The monoisotopic (exact) mass is 338 g/mol. The smallest absolute Gasteiger partial charge is 0.155 e. The molecule has 0 fully saturated rings. The zero-order valence-corrected chi connectivity index (χ0v) is 15.3. The minimum absolute atomic E-state index is 0.315. The summed E-state index contributed by atoms with van der Waals surface area (Å²) in [6.45, 7) is 2.26. The minimum Gasteiger partial charge on any atom is -0.295 e. The molecule has 0 radical (unpaired) electrons. The number of unbranched alkanes of at least 4 members (excludes halogenated alkanes) is 1. The van der Waals surface area contributed by atoms with E-state index in [1.165, 1.54) is 65.0 Å². The third-order valence-corrected chi connectivity index (χ3v) is 6.99. The van der Waals surface area contributed by atoms with Crippen LogP contribution in [0.2, 0.25) is 0 Å². The molecule has 0 aromatic carbocycles. The molecule has 2 heteroatoms. The van der Waals surface area contributed by atoms with Gasteiger partial charge in [0.1, 0.15) is 0 Å². The van der Waals surface area contributed by atoms with Crippen LogP contribution in [0, 0.1) is 11.8 Å². The van der Waals surface area contributed by atoms with Gasteiger partial charge in [0, 0.05) is 16.2 Å². The van der Waals surface area contributed by atoms with Gasteiger partial charge in [-0.25, -0.2) is 0 Å². The van der Waals surface area contributed by atoms with E-state index in [9.17, 15) is 4.79 Å². The molecular weight excluding hydrogens is 312 g/mol. The molecule has 126 valence electrons. The van der Waals surface area contributed by atoms with Gasteiger partial charge in [-0.3, -0.25) is 4.79 Å². The highest BCUT2D eigenvalue weighted by atomic mass is 32.1. The summed E-state index contributed by atoms with van der Waals surface area (Å²) in [7, 11) is 0. The Morgan fingerprint density at radius 1 is 1.04 bits per heavy atom. The second-order valence-corrected chi connectivity index (χ2v) is 8.67. The van der Waals surface area contributed by atoms with Gasteiger partial charge in [0.25, 0.3) is 0 Å². The van der Waals surface area contributed by atoms with Crippen LogP contribution in [0.4, 0.5) is 0 Å². The topological polar surface area (TPSA) is 17.1 Å². The molecule has 2 unspecified atom stereocenters. The highest BCUT2D eigenvalue weighted by Gasteiger charge is 2.31. The Hall–Kier alpha value is -1.41. The first kappa shape index (κ1) is 16.1. The van der Waals surface area contributed by atoms with Crippen molar-refractivity contribution in [2.24, 2.45) is 11.8 Å². The van der Waals surface area contributed by atoms with Crippen LogP contribution in [-0.2, 0) is 11.2 Å². The number of aryl methyl sites for hydroxylation is 1. The van der Waals surface area contributed by atoms with Crippen LogP contribution in [0.5, 0.6) is 0 Å². The summed E-state index contributed by atoms with van der Waals surface area (Å²) in [5, 5.41) is 0. The lowest BCUT2D eigenvalue weighted by atomic mass is 9.70. The van der Waals surface area contributed by atoms with E-state index in [2.05, 4.69) is 31.2 Å². The first-order valence-electron chi connectivity index (χ1n) is 9.48. The molecule has 0 aliphatic heterocycles. The molecule has 0 N–H and O–H groups in total. The van der Waals surface area contributed by atoms with Gasteiger partial charge in [0.2, 0.25) is 0 Å². The number of carbonyl (C=O) groups is 1.